The SMILES string of the molecule is CCCNC(=O)C(Br)(Br)Br. The summed E-state index contributed by atoms with van der Waals surface area (Å²) in [5, 5.41) is 2.69. The highest BCUT2D eigenvalue weighted by Gasteiger charge is 2.27. The number of carbonyl (C=O) groups excluding carboxylic acids is 1. The molecule has 0 aliphatic carbocycles. The average molecular weight is 338 g/mol. The first-order chi connectivity index (χ1) is 4.48. The van der Waals surface area contributed by atoms with Crippen molar-refractivity contribution in [2.24, 2.45) is 0 Å². The molecular formula is C5H8Br3NO. The Morgan fingerprint density at radius 3 is 2.30 bits per heavy atom. The van der Waals surface area contributed by atoms with Crippen molar-refractivity contribution in [3.63, 3.8) is 0 Å². The maximum atomic E-state index is 11.0. The third-order valence-electron chi connectivity index (χ3n) is 0.793. The summed E-state index contributed by atoms with van der Waals surface area (Å²) in [6.45, 7) is 2.70. The second-order valence-corrected chi connectivity index (χ2v) is 8.51. The number of nitrogens with one attached hydrogen (secondary N) is 1. The van der Waals surface area contributed by atoms with E-state index in [1.54, 1.807) is 0 Å². The lowest BCUT2D eigenvalue weighted by atomic mass is 10.5. The smallest absolute Gasteiger partial charge is 0.258 e. The molecule has 0 aromatic heterocycles. The van der Waals surface area contributed by atoms with E-state index in [0.717, 1.165) is 6.42 Å². The molecule has 10 heavy (non-hydrogen) atoms. The van der Waals surface area contributed by atoms with E-state index in [4.69, 9.17) is 0 Å². The number of hydrogen-bond acceptors (Lipinski definition) is 1. The van der Waals surface area contributed by atoms with Gasteiger partial charge in [0.2, 0.25) is 2.14 Å². The quantitative estimate of drug-likeness (QED) is 0.770. The monoisotopic (exact) mass is 335 g/mol. The van der Waals surface area contributed by atoms with Gasteiger partial charge >= 0.3 is 0 Å². The molecule has 0 spiro atoms. The van der Waals surface area contributed by atoms with Crippen molar-refractivity contribution in [1.29, 1.82) is 0 Å². The fourth-order valence-electron chi connectivity index (χ4n) is 0.339. The fourth-order valence-corrected chi connectivity index (χ4v) is 0.759. The van der Waals surface area contributed by atoms with Gasteiger partial charge in [0.15, 0.2) is 0 Å². The van der Waals surface area contributed by atoms with Gasteiger partial charge in [0, 0.05) is 6.54 Å². The number of hydrogen-bond donors (Lipinski definition) is 1. The Hall–Kier alpha value is 0.910. The third-order valence-corrected chi connectivity index (χ3v) is 1.87. The van der Waals surface area contributed by atoms with Gasteiger partial charge in [-0.1, -0.05) is 6.92 Å². The highest BCUT2D eigenvalue weighted by molar-refractivity contribution is 9.40. The Morgan fingerprint density at radius 1 is 1.50 bits per heavy atom. The van der Waals surface area contributed by atoms with E-state index in [0.29, 0.717) is 6.54 Å². The molecule has 1 amide bonds. The van der Waals surface area contributed by atoms with Gasteiger partial charge in [0.25, 0.3) is 5.91 Å². The lowest BCUT2D eigenvalue weighted by Gasteiger charge is -2.10. The molecule has 5 heteroatoms. The van der Waals surface area contributed by atoms with Gasteiger partial charge in [0.05, 0.1) is 0 Å². The van der Waals surface area contributed by atoms with Crippen LogP contribution in [0.3, 0.4) is 0 Å². The fraction of sp³-hybridized carbons (Fsp3) is 0.800. The van der Waals surface area contributed by atoms with Crippen LogP contribution < -0.4 is 5.32 Å². The summed E-state index contributed by atoms with van der Waals surface area (Å²) >= 11 is 9.29. The molecule has 60 valence electrons. The van der Waals surface area contributed by atoms with E-state index < -0.39 is 2.14 Å². The van der Waals surface area contributed by atoms with Gasteiger partial charge in [-0.3, -0.25) is 4.79 Å². The van der Waals surface area contributed by atoms with E-state index in [1.165, 1.54) is 0 Å². The highest BCUT2D eigenvalue weighted by Crippen LogP contribution is 2.33. The van der Waals surface area contributed by atoms with E-state index in [9.17, 15) is 4.79 Å². The van der Waals surface area contributed by atoms with Gasteiger partial charge in [-0.15, -0.1) is 0 Å². The average Bonchev–Trinajstić information content (AvgIpc) is 1.80. The summed E-state index contributed by atoms with van der Waals surface area (Å²) in [6.07, 6.45) is 0.939. The molecule has 0 heterocycles. The van der Waals surface area contributed by atoms with Crippen LogP contribution in [0.15, 0.2) is 0 Å². The first kappa shape index (κ1) is 10.9. The zero-order chi connectivity index (χ0) is 8.20. The number of rotatable bonds is 2. The minimum Gasteiger partial charge on any atom is -0.353 e. The zero-order valence-electron chi connectivity index (χ0n) is 5.46. The molecule has 0 fully saturated rings. The summed E-state index contributed by atoms with van der Waals surface area (Å²) in [4.78, 5) is 11.0. The number of amides is 1. The van der Waals surface area contributed by atoms with E-state index >= 15 is 0 Å². The first-order valence-corrected chi connectivity index (χ1v) is 5.21. The molecule has 0 unspecified atom stereocenters. The summed E-state index contributed by atoms with van der Waals surface area (Å²) in [5.74, 6) is -0.116. The Morgan fingerprint density at radius 2 is 2.00 bits per heavy atom. The van der Waals surface area contributed by atoms with Crippen LogP contribution in [0.5, 0.6) is 0 Å². The van der Waals surface area contributed by atoms with Crippen molar-refractivity contribution in [3.8, 4) is 0 Å². The largest absolute Gasteiger partial charge is 0.353 e. The van der Waals surface area contributed by atoms with Crippen molar-refractivity contribution in [3.05, 3.63) is 0 Å². The highest BCUT2D eigenvalue weighted by atomic mass is 80.0. The van der Waals surface area contributed by atoms with Crippen LogP contribution in [0.25, 0.3) is 0 Å². The minimum atomic E-state index is -0.803. The standard InChI is InChI=1S/C5H8Br3NO/c1-2-3-9-4(10)5(6,7)8/h2-3H2,1H3,(H,9,10). The molecule has 0 atom stereocenters. The van der Waals surface area contributed by atoms with Crippen LogP contribution in [-0.2, 0) is 4.79 Å². The lowest BCUT2D eigenvalue weighted by Crippen LogP contribution is -2.33. The minimum absolute atomic E-state index is 0.116. The molecule has 0 saturated carbocycles. The van der Waals surface area contributed by atoms with Crippen LogP contribution in [0.2, 0.25) is 0 Å². The molecule has 0 bridgehead atoms. The molecule has 0 aromatic rings. The molecule has 0 radical (unpaired) electrons. The van der Waals surface area contributed by atoms with Gasteiger partial charge in [-0.05, 0) is 54.2 Å². The van der Waals surface area contributed by atoms with Crippen LogP contribution in [0.1, 0.15) is 13.3 Å². The van der Waals surface area contributed by atoms with Crippen LogP contribution >= 0.6 is 47.8 Å². The van der Waals surface area contributed by atoms with Crippen molar-refractivity contribution >= 4 is 53.7 Å². The number of carbonyl (C=O) groups is 1. The summed E-state index contributed by atoms with van der Waals surface area (Å²) < 4.78 is -0.803. The van der Waals surface area contributed by atoms with Gasteiger partial charge in [-0.25, -0.2) is 0 Å². The van der Waals surface area contributed by atoms with Crippen molar-refractivity contribution in [1.82, 2.24) is 5.32 Å². The molecule has 0 rings (SSSR count). The molecule has 0 aliphatic heterocycles. The van der Waals surface area contributed by atoms with Crippen molar-refractivity contribution in [2.75, 3.05) is 6.54 Å². The van der Waals surface area contributed by atoms with Crippen LogP contribution in [0.4, 0.5) is 0 Å². The lowest BCUT2D eigenvalue weighted by molar-refractivity contribution is -0.119. The van der Waals surface area contributed by atoms with Gasteiger partial charge in [-0.2, -0.15) is 0 Å². The maximum absolute atomic E-state index is 11.0. The number of halogens is 3. The molecule has 2 nitrogen and oxygen atoms in total. The van der Waals surface area contributed by atoms with Crippen LogP contribution in [0, 0.1) is 0 Å². The molecule has 0 saturated heterocycles. The Kier molecular flexibility index (Phi) is 5.15. The maximum Gasteiger partial charge on any atom is 0.258 e. The Bertz CT molecular complexity index is 121. The predicted octanol–water partition coefficient (Wildman–Crippen LogP) is 2.35. The third kappa shape index (κ3) is 4.68. The molecular weight excluding hydrogens is 330 g/mol. The van der Waals surface area contributed by atoms with Gasteiger partial charge < -0.3 is 5.32 Å². The van der Waals surface area contributed by atoms with Crippen LogP contribution in [-0.4, -0.2) is 14.6 Å². The first-order valence-electron chi connectivity index (χ1n) is 2.83. The second-order valence-electron chi connectivity index (χ2n) is 1.75. The predicted molar refractivity (Wildman–Crippen MR) is 52.8 cm³/mol. The van der Waals surface area contributed by atoms with E-state index in [2.05, 4.69) is 53.1 Å². The summed E-state index contributed by atoms with van der Waals surface area (Å²) in [5.41, 5.74) is 0. The molecule has 1 N–H and O–H groups in total. The normalized spacial score (nSPS) is 11.2. The topological polar surface area (TPSA) is 29.1 Å². The Labute approximate surface area is 85.5 Å². The molecule has 0 aromatic carbocycles. The summed E-state index contributed by atoms with van der Waals surface area (Å²) in [7, 11) is 0. The second kappa shape index (κ2) is 4.72. The molecule has 0 aliphatic rings. The Balaban J connectivity index is 3.64. The van der Waals surface area contributed by atoms with E-state index in [-0.39, 0.29) is 5.91 Å². The van der Waals surface area contributed by atoms with Crippen molar-refractivity contribution in [2.45, 2.75) is 15.5 Å². The van der Waals surface area contributed by atoms with Crippen molar-refractivity contribution < 1.29 is 4.79 Å². The summed E-state index contributed by atoms with van der Waals surface area (Å²) in [6, 6.07) is 0. The van der Waals surface area contributed by atoms with Gasteiger partial charge in [0.1, 0.15) is 0 Å². The number of alkyl halides is 3. The zero-order valence-corrected chi connectivity index (χ0v) is 10.2. The van der Waals surface area contributed by atoms with E-state index in [1.807, 2.05) is 6.92 Å².